The van der Waals surface area contributed by atoms with Gasteiger partial charge in [-0.2, -0.15) is 0 Å². The molecule has 2 aromatic rings. The van der Waals surface area contributed by atoms with Crippen LogP contribution in [0.15, 0.2) is 47.4 Å². The molecule has 1 N–H and O–H groups in total. The van der Waals surface area contributed by atoms with E-state index in [1.165, 1.54) is 25.3 Å². The molecule has 1 amide bonds. The first-order valence-corrected chi connectivity index (χ1v) is 11.8. The van der Waals surface area contributed by atoms with E-state index in [9.17, 15) is 21.6 Å². The maximum absolute atomic E-state index is 12.9. The van der Waals surface area contributed by atoms with E-state index in [0.29, 0.717) is 11.3 Å². The van der Waals surface area contributed by atoms with Crippen LogP contribution < -0.4 is 13.8 Å². The highest BCUT2D eigenvalue weighted by atomic mass is 32.2. The Bertz CT molecular complexity index is 1190. The molecule has 0 saturated carbocycles. The second kappa shape index (κ2) is 7.03. The third-order valence-electron chi connectivity index (χ3n) is 4.62. The van der Waals surface area contributed by atoms with Gasteiger partial charge in [-0.05, 0) is 56.7 Å². The largest absolute Gasteiger partial charge is 0.495 e. The molecule has 1 aliphatic rings. The van der Waals surface area contributed by atoms with Gasteiger partial charge in [-0.1, -0.05) is 12.1 Å². The highest BCUT2D eigenvalue weighted by Gasteiger charge is 2.50. The van der Waals surface area contributed by atoms with Gasteiger partial charge in [-0.25, -0.2) is 21.1 Å². The Balaban J connectivity index is 1.99. The molecule has 0 radical (unpaired) electrons. The van der Waals surface area contributed by atoms with Gasteiger partial charge in [0.25, 0.3) is 10.0 Å². The number of nitrogens with one attached hydrogen (secondary N) is 1. The Labute approximate surface area is 170 Å². The molecule has 8 nitrogen and oxygen atoms in total. The molecule has 3 rings (SSSR count). The van der Waals surface area contributed by atoms with Crippen LogP contribution in [0.5, 0.6) is 5.75 Å². The third-order valence-corrected chi connectivity index (χ3v) is 8.16. The predicted octanol–water partition coefficient (Wildman–Crippen LogP) is 2.51. The number of ether oxygens (including phenoxy) is 1. The average molecular weight is 439 g/mol. The number of rotatable bonds is 5. The molecule has 1 aliphatic heterocycles. The summed E-state index contributed by atoms with van der Waals surface area (Å²) in [6.07, 6.45) is 0. The van der Waals surface area contributed by atoms with Crippen LogP contribution in [-0.4, -0.2) is 35.6 Å². The molecule has 0 atom stereocenters. The quantitative estimate of drug-likeness (QED) is 0.768. The normalized spacial score (nSPS) is 17.9. The van der Waals surface area contributed by atoms with Gasteiger partial charge in [0.05, 0.1) is 34.5 Å². The number of carbonyl (C=O) groups is 1. The molecule has 0 aromatic heterocycles. The predicted molar refractivity (Wildman–Crippen MR) is 110 cm³/mol. The number of nitrogens with zero attached hydrogens (tertiary/aromatic N) is 1. The molecule has 2 aromatic carbocycles. The molecule has 0 spiro atoms. The van der Waals surface area contributed by atoms with Crippen LogP contribution >= 0.6 is 0 Å². The molecular weight excluding hydrogens is 416 g/mol. The smallest absolute Gasteiger partial charge is 0.262 e. The van der Waals surface area contributed by atoms with Crippen molar-refractivity contribution in [1.29, 1.82) is 0 Å². The number of hydrogen-bond acceptors (Lipinski definition) is 6. The van der Waals surface area contributed by atoms with Crippen molar-refractivity contribution in [3.8, 4) is 5.75 Å². The van der Waals surface area contributed by atoms with Gasteiger partial charge in [-0.15, -0.1) is 0 Å². The van der Waals surface area contributed by atoms with Crippen LogP contribution in [0.1, 0.15) is 19.4 Å². The Hall–Kier alpha value is -2.59. The maximum atomic E-state index is 12.9. The number of aryl methyl sites for hydroxylation is 1. The Kier molecular flexibility index (Phi) is 5.12. The maximum Gasteiger partial charge on any atom is 0.262 e. The lowest BCUT2D eigenvalue weighted by atomic mass is 9.95. The highest BCUT2D eigenvalue weighted by Crippen LogP contribution is 2.37. The summed E-state index contributed by atoms with van der Waals surface area (Å²) in [5.74, 6) is -0.478. The summed E-state index contributed by atoms with van der Waals surface area (Å²) in [7, 11) is -6.35. The van der Waals surface area contributed by atoms with Gasteiger partial charge >= 0.3 is 0 Å². The fourth-order valence-corrected chi connectivity index (χ4v) is 6.65. The van der Waals surface area contributed by atoms with Gasteiger partial charge in [0.15, 0.2) is 0 Å². The minimum absolute atomic E-state index is 0.0320. The fraction of sp³-hybridized carbons (Fsp3) is 0.316. The minimum atomic E-state index is -3.96. The van der Waals surface area contributed by atoms with Crippen LogP contribution in [0, 0.1) is 12.3 Å². The molecule has 10 heteroatoms. The molecule has 0 unspecified atom stereocenters. The van der Waals surface area contributed by atoms with E-state index in [-0.39, 0.29) is 22.0 Å². The number of para-hydroxylation sites is 2. The number of sulfonamides is 2. The summed E-state index contributed by atoms with van der Waals surface area (Å²) in [6, 6.07) is 10.6. The molecule has 29 heavy (non-hydrogen) atoms. The van der Waals surface area contributed by atoms with Crippen LogP contribution in [0.4, 0.5) is 11.4 Å². The van der Waals surface area contributed by atoms with Gasteiger partial charge in [0, 0.05) is 0 Å². The van der Waals surface area contributed by atoms with Crippen LogP contribution in [0.3, 0.4) is 0 Å². The van der Waals surface area contributed by atoms with Crippen molar-refractivity contribution in [2.24, 2.45) is 5.41 Å². The second-order valence-electron chi connectivity index (χ2n) is 7.47. The lowest BCUT2D eigenvalue weighted by molar-refractivity contribution is -0.123. The standard InChI is InChI=1S/C19H22N2O6S2/c1-13-11-14(21-18(22)19(2,3)12-28(21,23)24)9-10-17(13)29(25,26)20-15-7-5-6-8-16(15)27-4/h5-11,20H,12H2,1-4H3. The molecule has 1 saturated heterocycles. The number of amides is 1. The topological polar surface area (TPSA) is 110 Å². The monoisotopic (exact) mass is 438 g/mol. The zero-order valence-electron chi connectivity index (χ0n) is 16.5. The Morgan fingerprint density at radius 2 is 1.79 bits per heavy atom. The Morgan fingerprint density at radius 1 is 1.14 bits per heavy atom. The summed E-state index contributed by atoms with van der Waals surface area (Å²) in [4.78, 5) is 12.5. The van der Waals surface area contributed by atoms with Crippen molar-refractivity contribution in [2.45, 2.75) is 25.7 Å². The average Bonchev–Trinajstić information content (AvgIpc) is 2.77. The molecular formula is C19H22N2O6S2. The third kappa shape index (κ3) is 3.82. The van der Waals surface area contributed by atoms with E-state index in [4.69, 9.17) is 4.74 Å². The molecule has 1 fully saturated rings. The molecule has 1 heterocycles. The van der Waals surface area contributed by atoms with Crippen LogP contribution in [0.2, 0.25) is 0 Å². The first kappa shape index (κ1) is 21.1. The lowest BCUT2D eigenvalue weighted by Crippen LogP contribution is -2.33. The van der Waals surface area contributed by atoms with Crippen molar-refractivity contribution in [3.63, 3.8) is 0 Å². The summed E-state index contributed by atoms with van der Waals surface area (Å²) in [5.41, 5.74) is -0.340. The minimum Gasteiger partial charge on any atom is -0.495 e. The lowest BCUT2D eigenvalue weighted by Gasteiger charge is -2.19. The van der Waals surface area contributed by atoms with Crippen molar-refractivity contribution in [2.75, 3.05) is 21.9 Å². The zero-order valence-corrected chi connectivity index (χ0v) is 18.1. The van der Waals surface area contributed by atoms with Crippen molar-refractivity contribution < 1.29 is 26.4 Å². The van der Waals surface area contributed by atoms with E-state index in [1.807, 2.05) is 0 Å². The van der Waals surface area contributed by atoms with Crippen molar-refractivity contribution in [1.82, 2.24) is 0 Å². The van der Waals surface area contributed by atoms with Gasteiger partial charge < -0.3 is 4.74 Å². The summed E-state index contributed by atoms with van der Waals surface area (Å²) in [6.45, 7) is 4.67. The molecule has 156 valence electrons. The number of hydrogen-bond donors (Lipinski definition) is 1. The number of methoxy groups -OCH3 is 1. The highest BCUT2D eigenvalue weighted by molar-refractivity contribution is 7.94. The van der Waals surface area contributed by atoms with Gasteiger partial charge in [0.1, 0.15) is 5.75 Å². The molecule has 0 aliphatic carbocycles. The number of benzene rings is 2. The van der Waals surface area contributed by atoms with Crippen LogP contribution in [-0.2, 0) is 24.8 Å². The van der Waals surface area contributed by atoms with Crippen molar-refractivity contribution in [3.05, 3.63) is 48.0 Å². The van der Waals surface area contributed by atoms with Gasteiger partial charge in [0.2, 0.25) is 15.9 Å². The summed E-state index contributed by atoms with van der Waals surface area (Å²) < 4.78 is 59.0. The van der Waals surface area contributed by atoms with E-state index in [1.54, 1.807) is 45.0 Å². The van der Waals surface area contributed by atoms with E-state index in [2.05, 4.69) is 4.72 Å². The summed E-state index contributed by atoms with van der Waals surface area (Å²) in [5, 5.41) is 0. The zero-order chi connectivity index (χ0) is 21.6. The van der Waals surface area contributed by atoms with E-state index >= 15 is 0 Å². The first-order chi connectivity index (χ1) is 13.4. The van der Waals surface area contributed by atoms with E-state index < -0.39 is 31.4 Å². The number of anilines is 2. The molecule has 0 bridgehead atoms. The second-order valence-corrected chi connectivity index (χ2v) is 10.9. The van der Waals surface area contributed by atoms with E-state index in [0.717, 1.165) is 4.31 Å². The SMILES string of the molecule is COc1ccccc1NS(=O)(=O)c1ccc(N2C(=O)C(C)(C)CS2(=O)=O)cc1C. The Morgan fingerprint density at radius 3 is 2.34 bits per heavy atom. The number of carbonyl (C=O) groups excluding carboxylic acids is 1. The van der Waals surface area contributed by atoms with Crippen LogP contribution in [0.25, 0.3) is 0 Å². The van der Waals surface area contributed by atoms with Gasteiger partial charge in [-0.3, -0.25) is 9.52 Å². The fourth-order valence-electron chi connectivity index (χ4n) is 3.25. The van der Waals surface area contributed by atoms with Crippen molar-refractivity contribution >= 4 is 37.3 Å². The summed E-state index contributed by atoms with van der Waals surface area (Å²) >= 11 is 0. The first-order valence-electron chi connectivity index (χ1n) is 8.73.